The maximum absolute atomic E-state index is 14.0. The van der Waals surface area contributed by atoms with Gasteiger partial charge in [-0.05, 0) is 71.0 Å². The summed E-state index contributed by atoms with van der Waals surface area (Å²) in [5.74, 6) is 0.566. The zero-order valence-corrected chi connectivity index (χ0v) is 24.6. The van der Waals surface area contributed by atoms with Crippen LogP contribution >= 0.6 is 0 Å². The number of likely N-dealkylation sites (tertiary alicyclic amines) is 2. The highest BCUT2D eigenvalue weighted by Gasteiger charge is 2.54. The van der Waals surface area contributed by atoms with Crippen molar-refractivity contribution >= 4 is 34.6 Å². The number of anilines is 1. The highest BCUT2D eigenvalue weighted by atomic mass is 16.6. The van der Waals surface area contributed by atoms with Crippen molar-refractivity contribution in [1.29, 1.82) is 0 Å². The van der Waals surface area contributed by atoms with Crippen LogP contribution in [0.25, 0.3) is 10.9 Å². The van der Waals surface area contributed by atoms with Gasteiger partial charge < -0.3 is 19.3 Å². The lowest BCUT2D eigenvalue weighted by Crippen LogP contribution is -2.53. The molecule has 5 heterocycles. The fourth-order valence-electron chi connectivity index (χ4n) is 7.69. The van der Waals surface area contributed by atoms with Gasteiger partial charge in [-0.15, -0.1) is 0 Å². The lowest BCUT2D eigenvalue weighted by Gasteiger charge is -2.45. The van der Waals surface area contributed by atoms with Gasteiger partial charge in [-0.2, -0.15) is 0 Å². The lowest BCUT2D eigenvalue weighted by atomic mass is 9.74. The normalized spacial score (nSPS) is 26.0. The van der Waals surface area contributed by atoms with Crippen LogP contribution in [0.4, 0.5) is 5.82 Å². The summed E-state index contributed by atoms with van der Waals surface area (Å²) in [4.78, 5) is 50.4. The highest BCUT2D eigenvalue weighted by molar-refractivity contribution is 6.07. The number of ether oxygens (including phenoxy) is 2. The first kappa shape index (κ1) is 27.9. The van der Waals surface area contributed by atoms with Crippen molar-refractivity contribution in [3.63, 3.8) is 0 Å². The Morgan fingerprint density at radius 2 is 1.76 bits per heavy atom. The van der Waals surface area contributed by atoms with Gasteiger partial charge in [0, 0.05) is 50.6 Å². The molecule has 0 aliphatic carbocycles. The van der Waals surface area contributed by atoms with Crippen LogP contribution in [-0.2, 0) is 19.1 Å². The van der Waals surface area contributed by atoms with Crippen molar-refractivity contribution in [2.45, 2.75) is 70.4 Å². The van der Waals surface area contributed by atoms with Gasteiger partial charge in [0.05, 0.1) is 29.5 Å². The minimum Gasteiger partial charge on any atom is -0.469 e. The summed E-state index contributed by atoms with van der Waals surface area (Å²) < 4.78 is 10.7. The van der Waals surface area contributed by atoms with Crippen LogP contribution < -0.4 is 4.90 Å². The summed E-state index contributed by atoms with van der Waals surface area (Å²) in [6, 6.07) is 10.2. The molecule has 9 heteroatoms. The van der Waals surface area contributed by atoms with Crippen molar-refractivity contribution in [2.75, 3.05) is 51.3 Å². The number of hydrogen-bond donors (Lipinski definition) is 0. The predicted octanol–water partition coefficient (Wildman–Crippen LogP) is 4.04. The highest BCUT2D eigenvalue weighted by Crippen LogP contribution is 2.46. The zero-order valence-electron chi connectivity index (χ0n) is 24.6. The molecule has 220 valence electrons. The average Bonchev–Trinajstić information content (AvgIpc) is 3.21. The van der Waals surface area contributed by atoms with E-state index in [1.807, 2.05) is 49.1 Å². The summed E-state index contributed by atoms with van der Waals surface area (Å²) in [6.45, 7) is 8.58. The van der Waals surface area contributed by atoms with E-state index in [1.54, 1.807) is 0 Å². The molecular formula is C32H42N4O5. The second-order valence-electron chi connectivity index (χ2n) is 13.0. The number of carbonyl (C=O) groups excluding carboxylic acids is 3. The number of hydrogen-bond acceptors (Lipinski definition) is 8. The number of piperidine rings is 3. The quantitative estimate of drug-likeness (QED) is 0.516. The molecule has 1 aromatic carbocycles. The molecule has 0 saturated carbocycles. The smallest absolute Gasteiger partial charge is 0.314 e. The number of carbonyl (C=O) groups is 3. The second-order valence-corrected chi connectivity index (χ2v) is 13.0. The van der Waals surface area contributed by atoms with Crippen LogP contribution in [0.3, 0.4) is 0 Å². The van der Waals surface area contributed by atoms with Gasteiger partial charge in [-0.25, -0.2) is 4.98 Å². The number of benzene rings is 1. The lowest BCUT2D eigenvalue weighted by molar-refractivity contribution is -0.154. The number of amides is 1. The number of methoxy groups -OCH3 is 1. The van der Waals surface area contributed by atoms with E-state index in [2.05, 4.69) is 9.80 Å². The monoisotopic (exact) mass is 562 g/mol. The van der Waals surface area contributed by atoms with E-state index >= 15 is 0 Å². The Bertz CT molecular complexity index is 1330. The predicted molar refractivity (Wildman–Crippen MR) is 156 cm³/mol. The van der Waals surface area contributed by atoms with Crippen LogP contribution in [-0.4, -0.2) is 90.7 Å². The second kappa shape index (κ2) is 10.9. The molecule has 4 aliphatic heterocycles. The van der Waals surface area contributed by atoms with Crippen molar-refractivity contribution < 1.29 is 23.9 Å². The number of nitrogens with zero attached hydrogens (tertiary/aromatic N) is 4. The fourth-order valence-corrected chi connectivity index (χ4v) is 7.69. The van der Waals surface area contributed by atoms with Crippen LogP contribution in [0.15, 0.2) is 30.3 Å². The van der Waals surface area contributed by atoms with Crippen molar-refractivity contribution in [3.05, 3.63) is 35.9 Å². The summed E-state index contributed by atoms with van der Waals surface area (Å²) >= 11 is 0. The number of rotatable bonds is 4. The largest absolute Gasteiger partial charge is 0.469 e. The van der Waals surface area contributed by atoms with E-state index in [-0.39, 0.29) is 34.8 Å². The molecule has 1 amide bonds. The van der Waals surface area contributed by atoms with Crippen molar-refractivity contribution in [1.82, 2.24) is 14.8 Å². The van der Waals surface area contributed by atoms with Gasteiger partial charge in [0.2, 0.25) is 0 Å². The minimum absolute atomic E-state index is 0.0327. The topological polar surface area (TPSA) is 92.3 Å². The number of fused-ring (bicyclic) bond motifs is 1. The van der Waals surface area contributed by atoms with Crippen LogP contribution in [0.2, 0.25) is 0 Å². The Hall–Kier alpha value is -3.20. The van der Waals surface area contributed by atoms with Gasteiger partial charge in [0.1, 0.15) is 11.4 Å². The number of esters is 2. The first-order valence-corrected chi connectivity index (χ1v) is 15.2. The Balaban J connectivity index is 1.15. The maximum atomic E-state index is 14.0. The molecular weight excluding hydrogens is 520 g/mol. The van der Waals surface area contributed by atoms with Crippen molar-refractivity contribution in [3.8, 4) is 0 Å². The molecule has 2 aromatic rings. The average molecular weight is 563 g/mol. The molecule has 1 unspecified atom stereocenters. The fraction of sp³-hybridized carbons (Fsp3) is 0.625. The van der Waals surface area contributed by atoms with Gasteiger partial charge in [0.15, 0.2) is 0 Å². The van der Waals surface area contributed by atoms with Crippen LogP contribution in [0.1, 0.15) is 69.2 Å². The van der Waals surface area contributed by atoms with Gasteiger partial charge in [-0.3, -0.25) is 19.3 Å². The Labute approximate surface area is 242 Å². The number of aromatic nitrogens is 1. The molecule has 9 nitrogen and oxygen atoms in total. The first-order chi connectivity index (χ1) is 19.7. The Morgan fingerprint density at radius 3 is 2.44 bits per heavy atom. The Kier molecular flexibility index (Phi) is 7.42. The molecule has 1 spiro atoms. The third kappa shape index (κ3) is 5.41. The summed E-state index contributed by atoms with van der Waals surface area (Å²) in [6.07, 6.45) is 5.92. The molecule has 0 radical (unpaired) electrons. The molecule has 0 bridgehead atoms. The van der Waals surface area contributed by atoms with E-state index in [9.17, 15) is 14.4 Å². The van der Waals surface area contributed by atoms with E-state index in [4.69, 9.17) is 14.5 Å². The van der Waals surface area contributed by atoms with Gasteiger partial charge >= 0.3 is 11.9 Å². The number of cyclic esters (lactones) is 1. The van der Waals surface area contributed by atoms with E-state index < -0.39 is 0 Å². The standard InChI is InChI=1S/C32H42N4O5/c1-31(2)20-32(30(39)41-31)13-6-14-36(21-32)23-11-17-35(18-12-23)28(37)25-19-27(33-26-8-5-4-7-24(25)26)34-15-9-22(10-16-34)29(38)40-3/h4-5,7-8,19,22-23H,6,9-18,20-21H2,1-3H3. The maximum Gasteiger partial charge on any atom is 0.314 e. The molecule has 6 rings (SSSR count). The van der Waals surface area contributed by atoms with Gasteiger partial charge in [0.25, 0.3) is 5.91 Å². The zero-order chi connectivity index (χ0) is 28.8. The van der Waals surface area contributed by atoms with Crippen LogP contribution in [0.5, 0.6) is 0 Å². The summed E-state index contributed by atoms with van der Waals surface area (Å²) in [7, 11) is 1.44. The molecule has 4 fully saturated rings. The summed E-state index contributed by atoms with van der Waals surface area (Å²) in [5, 5.41) is 0.869. The molecule has 4 saturated heterocycles. The number of pyridine rings is 1. The molecule has 1 aromatic heterocycles. The van der Waals surface area contributed by atoms with E-state index in [1.165, 1.54) is 7.11 Å². The molecule has 1 atom stereocenters. The SMILES string of the molecule is COC(=O)C1CCN(c2cc(C(=O)N3CCC(N4CCCC5(C4)CC(C)(C)OC5=O)CC3)c3ccccc3n2)CC1. The van der Waals surface area contributed by atoms with Crippen molar-refractivity contribution in [2.24, 2.45) is 11.3 Å². The van der Waals surface area contributed by atoms with Gasteiger partial charge in [-0.1, -0.05) is 18.2 Å². The Morgan fingerprint density at radius 1 is 1.02 bits per heavy atom. The summed E-state index contributed by atoms with van der Waals surface area (Å²) in [5.41, 5.74) is 0.724. The number of para-hydroxylation sites is 1. The third-order valence-electron chi connectivity index (χ3n) is 9.73. The minimum atomic E-state index is -0.390. The molecule has 41 heavy (non-hydrogen) atoms. The first-order valence-electron chi connectivity index (χ1n) is 15.2. The third-order valence-corrected chi connectivity index (χ3v) is 9.73. The molecule has 4 aliphatic rings. The molecule has 0 N–H and O–H groups in total. The van der Waals surface area contributed by atoms with E-state index in [0.717, 1.165) is 61.9 Å². The van der Waals surface area contributed by atoms with Crippen LogP contribution in [0, 0.1) is 11.3 Å². The van der Waals surface area contributed by atoms with E-state index in [0.29, 0.717) is 50.6 Å².